The van der Waals surface area contributed by atoms with E-state index in [1.54, 1.807) is 24.3 Å². The van der Waals surface area contributed by atoms with E-state index in [2.05, 4.69) is 13.8 Å². The van der Waals surface area contributed by atoms with Crippen molar-refractivity contribution in [1.82, 2.24) is 0 Å². The monoisotopic (exact) mass is 469 g/mol. The van der Waals surface area contributed by atoms with Crippen LogP contribution in [0.4, 0.5) is 5.69 Å². The smallest absolute Gasteiger partial charge is 0.300 e. The van der Waals surface area contributed by atoms with Gasteiger partial charge in [-0.15, -0.1) is 0 Å². The highest BCUT2D eigenvalue weighted by Gasteiger charge is 2.46. The quantitative estimate of drug-likeness (QED) is 0.169. The van der Waals surface area contributed by atoms with Crippen LogP contribution in [0, 0.1) is 0 Å². The Labute approximate surface area is 206 Å². The van der Waals surface area contributed by atoms with Crippen LogP contribution in [0.3, 0.4) is 0 Å². The van der Waals surface area contributed by atoms with Gasteiger partial charge in [0.25, 0.3) is 11.7 Å². The van der Waals surface area contributed by atoms with Crippen molar-refractivity contribution in [3.63, 3.8) is 0 Å². The zero-order valence-corrected chi connectivity index (χ0v) is 20.2. The summed E-state index contributed by atoms with van der Waals surface area (Å²) in [4.78, 5) is 28.0. The number of aliphatic hydroxyl groups excluding tert-OH is 1. The molecular formula is C30H31NO4. The van der Waals surface area contributed by atoms with E-state index in [0.717, 1.165) is 36.8 Å². The number of rotatable bonds is 9. The number of ether oxygens (including phenoxy) is 1. The molecular weight excluding hydrogens is 438 g/mol. The average molecular weight is 470 g/mol. The summed E-state index contributed by atoms with van der Waals surface area (Å²) in [5.41, 5.74) is 3.05. The summed E-state index contributed by atoms with van der Waals surface area (Å²) in [6.45, 7) is 4.84. The van der Waals surface area contributed by atoms with Crippen molar-refractivity contribution in [3.8, 4) is 5.75 Å². The number of hydrogen-bond acceptors (Lipinski definition) is 4. The summed E-state index contributed by atoms with van der Waals surface area (Å²) in [6, 6.07) is 23.2. The SMILES string of the molecule is CCCCCOc1ccc(/C(O)=C2\C(=O)C(=O)N(c3ccc(CC)cc3)C2c2ccccc2)cc1. The van der Waals surface area contributed by atoms with Crippen LogP contribution in [0.15, 0.2) is 84.4 Å². The highest BCUT2D eigenvalue weighted by Crippen LogP contribution is 2.42. The van der Waals surface area contributed by atoms with Gasteiger partial charge in [-0.05, 0) is 60.4 Å². The fraction of sp³-hybridized carbons (Fsp3) is 0.267. The van der Waals surface area contributed by atoms with Crippen molar-refractivity contribution in [3.05, 3.63) is 101 Å². The molecule has 180 valence electrons. The molecule has 1 unspecified atom stereocenters. The molecule has 3 aromatic rings. The van der Waals surface area contributed by atoms with Crippen molar-refractivity contribution in [1.29, 1.82) is 0 Å². The van der Waals surface area contributed by atoms with E-state index in [1.807, 2.05) is 54.6 Å². The summed E-state index contributed by atoms with van der Waals surface area (Å²) >= 11 is 0. The first-order valence-corrected chi connectivity index (χ1v) is 12.2. The molecule has 4 rings (SSSR count). The summed E-state index contributed by atoms with van der Waals surface area (Å²) in [5.74, 6) is -0.840. The Morgan fingerprint density at radius 2 is 1.57 bits per heavy atom. The zero-order valence-electron chi connectivity index (χ0n) is 20.2. The van der Waals surface area contributed by atoms with Gasteiger partial charge < -0.3 is 9.84 Å². The molecule has 5 nitrogen and oxygen atoms in total. The Morgan fingerprint density at radius 1 is 0.886 bits per heavy atom. The van der Waals surface area contributed by atoms with Crippen molar-refractivity contribution in [2.75, 3.05) is 11.5 Å². The molecule has 1 N–H and O–H groups in total. The minimum absolute atomic E-state index is 0.0809. The first kappa shape index (κ1) is 24.3. The Balaban J connectivity index is 1.72. The molecule has 0 saturated carbocycles. The number of amides is 1. The van der Waals surface area contributed by atoms with E-state index in [9.17, 15) is 14.7 Å². The minimum Gasteiger partial charge on any atom is -0.507 e. The highest BCUT2D eigenvalue weighted by atomic mass is 16.5. The molecule has 0 aromatic heterocycles. The fourth-order valence-corrected chi connectivity index (χ4v) is 4.35. The van der Waals surface area contributed by atoms with Gasteiger partial charge >= 0.3 is 0 Å². The van der Waals surface area contributed by atoms with Crippen LogP contribution in [0.25, 0.3) is 5.76 Å². The summed E-state index contributed by atoms with van der Waals surface area (Å²) < 4.78 is 5.76. The lowest BCUT2D eigenvalue weighted by Gasteiger charge is -2.25. The molecule has 1 fully saturated rings. The van der Waals surface area contributed by atoms with Gasteiger partial charge in [0.15, 0.2) is 0 Å². The van der Waals surface area contributed by atoms with Gasteiger partial charge in [0.05, 0.1) is 18.2 Å². The van der Waals surface area contributed by atoms with E-state index >= 15 is 0 Å². The molecule has 1 amide bonds. The molecule has 0 spiro atoms. The van der Waals surface area contributed by atoms with Gasteiger partial charge in [-0.2, -0.15) is 0 Å². The van der Waals surface area contributed by atoms with E-state index < -0.39 is 17.7 Å². The lowest BCUT2D eigenvalue weighted by molar-refractivity contribution is -0.132. The number of hydrogen-bond donors (Lipinski definition) is 1. The number of aryl methyl sites for hydroxylation is 1. The zero-order chi connectivity index (χ0) is 24.8. The van der Waals surface area contributed by atoms with Crippen LogP contribution >= 0.6 is 0 Å². The van der Waals surface area contributed by atoms with Gasteiger partial charge in [-0.3, -0.25) is 14.5 Å². The number of Topliss-reactive ketones (excluding diaryl/α,β-unsaturated/α-hetero) is 1. The normalized spacial score (nSPS) is 17.1. The number of unbranched alkanes of at least 4 members (excludes halogenated alkanes) is 2. The highest BCUT2D eigenvalue weighted by molar-refractivity contribution is 6.51. The summed E-state index contributed by atoms with van der Waals surface area (Å²) in [6.07, 6.45) is 4.09. The summed E-state index contributed by atoms with van der Waals surface area (Å²) in [5, 5.41) is 11.3. The lowest BCUT2D eigenvalue weighted by atomic mass is 9.95. The maximum Gasteiger partial charge on any atom is 0.300 e. The second kappa shape index (κ2) is 11.0. The maximum absolute atomic E-state index is 13.2. The Kier molecular flexibility index (Phi) is 7.66. The third-order valence-electron chi connectivity index (χ3n) is 6.33. The molecule has 0 radical (unpaired) electrons. The first-order chi connectivity index (χ1) is 17.0. The molecule has 1 saturated heterocycles. The first-order valence-electron chi connectivity index (χ1n) is 12.2. The molecule has 1 aliphatic rings. The number of carbonyl (C=O) groups is 2. The Hall–Kier alpha value is -3.86. The van der Waals surface area contributed by atoms with Crippen molar-refractivity contribution in [2.45, 2.75) is 45.6 Å². The van der Waals surface area contributed by atoms with E-state index in [-0.39, 0.29) is 11.3 Å². The van der Waals surface area contributed by atoms with Gasteiger partial charge in [-0.25, -0.2) is 0 Å². The van der Waals surface area contributed by atoms with Crippen LogP contribution < -0.4 is 9.64 Å². The van der Waals surface area contributed by atoms with Crippen LogP contribution in [0.5, 0.6) is 5.75 Å². The molecule has 35 heavy (non-hydrogen) atoms. The lowest BCUT2D eigenvalue weighted by Crippen LogP contribution is -2.29. The minimum atomic E-state index is -0.728. The predicted octanol–water partition coefficient (Wildman–Crippen LogP) is 6.44. The second-order valence-electron chi connectivity index (χ2n) is 8.68. The van der Waals surface area contributed by atoms with E-state index in [4.69, 9.17) is 4.74 Å². The maximum atomic E-state index is 13.2. The molecule has 5 heteroatoms. The molecule has 3 aromatic carbocycles. The molecule has 1 atom stereocenters. The van der Waals surface area contributed by atoms with Gasteiger partial charge in [0, 0.05) is 11.3 Å². The topological polar surface area (TPSA) is 66.8 Å². The van der Waals surface area contributed by atoms with E-state index in [0.29, 0.717) is 23.6 Å². The molecule has 1 heterocycles. The van der Waals surface area contributed by atoms with Crippen LogP contribution in [-0.4, -0.2) is 23.4 Å². The van der Waals surface area contributed by atoms with E-state index in [1.165, 1.54) is 4.90 Å². The van der Waals surface area contributed by atoms with Crippen molar-refractivity contribution < 1.29 is 19.4 Å². The Bertz CT molecular complexity index is 1200. The predicted molar refractivity (Wildman–Crippen MR) is 139 cm³/mol. The third-order valence-corrected chi connectivity index (χ3v) is 6.33. The number of carbonyl (C=O) groups excluding carboxylic acids is 2. The van der Waals surface area contributed by atoms with Crippen LogP contribution in [0.1, 0.15) is 55.8 Å². The second-order valence-corrected chi connectivity index (χ2v) is 8.68. The third kappa shape index (κ3) is 5.14. The average Bonchev–Trinajstić information content (AvgIpc) is 3.17. The number of anilines is 1. The fourth-order valence-electron chi connectivity index (χ4n) is 4.35. The van der Waals surface area contributed by atoms with Gasteiger partial charge in [0.2, 0.25) is 0 Å². The number of ketones is 1. The van der Waals surface area contributed by atoms with Crippen LogP contribution in [0.2, 0.25) is 0 Å². The van der Waals surface area contributed by atoms with Gasteiger partial charge in [-0.1, -0.05) is 69.2 Å². The molecule has 0 bridgehead atoms. The largest absolute Gasteiger partial charge is 0.507 e. The summed E-state index contributed by atoms with van der Waals surface area (Å²) in [7, 11) is 0. The van der Waals surface area contributed by atoms with Crippen LogP contribution in [-0.2, 0) is 16.0 Å². The van der Waals surface area contributed by atoms with Crippen molar-refractivity contribution in [2.24, 2.45) is 0 Å². The number of aliphatic hydroxyl groups is 1. The molecule has 0 aliphatic carbocycles. The number of nitrogens with zero attached hydrogens (tertiary/aromatic N) is 1. The van der Waals surface area contributed by atoms with Gasteiger partial charge in [0.1, 0.15) is 11.5 Å². The Morgan fingerprint density at radius 3 is 2.20 bits per heavy atom. The molecule has 1 aliphatic heterocycles. The number of benzene rings is 3. The van der Waals surface area contributed by atoms with Crippen molar-refractivity contribution >= 4 is 23.1 Å². The standard InChI is InChI=1S/C30H31NO4/c1-3-5-9-20-35-25-18-14-23(15-19-25)28(32)26-27(22-10-7-6-8-11-22)31(30(34)29(26)33)24-16-12-21(4-2)13-17-24/h6-8,10-19,27,32H,3-5,9,20H2,1-2H3/b28-26+.